The molecular weight excluding hydrogens is 461 g/mol. The number of amides is 1. The summed E-state index contributed by atoms with van der Waals surface area (Å²) in [5.41, 5.74) is 2.53. The molecule has 2 N–H and O–H groups in total. The largest absolute Gasteiger partial charge is 0.573 e. The molecule has 4 rings (SSSR count). The number of carboxylic acid groups (broad SMARTS) is 1. The van der Waals surface area contributed by atoms with Crippen molar-refractivity contribution in [2.45, 2.75) is 18.8 Å². The molecule has 10 heteroatoms. The summed E-state index contributed by atoms with van der Waals surface area (Å²) in [5, 5.41) is 12.0. The average Bonchev–Trinajstić information content (AvgIpc) is 3.17. The van der Waals surface area contributed by atoms with E-state index in [1.54, 1.807) is 24.3 Å². The Bertz CT molecular complexity index is 1210. The lowest BCUT2D eigenvalue weighted by Crippen LogP contribution is -2.39. The Morgan fingerprint density at radius 2 is 1.88 bits per heavy atom. The highest BCUT2D eigenvalue weighted by Crippen LogP contribution is 2.40. The summed E-state index contributed by atoms with van der Waals surface area (Å²) in [6.45, 7) is 0.337. The predicted octanol–water partition coefficient (Wildman–Crippen LogP) is 5.33. The van der Waals surface area contributed by atoms with Crippen molar-refractivity contribution in [2.24, 2.45) is 0 Å². The Morgan fingerprint density at radius 3 is 2.52 bits per heavy atom. The number of carboxylic acids is 1. The fourth-order valence-electron chi connectivity index (χ4n) is 3.97. The molecule has 1 unspecified atom stereocenters. The van der Waals surface area contributed by atoms with E-state index in [0.29, 0.717) is 46.9 Å². The lowest BCUT2D eigenvalue weighted by atomic mass is 9.99. The zero-order valence-electron chi connectivity index (χ0n) is 17.0. The number of fused-ring (bicyclic) bond motifs is 1. The molecule has 0 bridgehead atoms. The minimum Gasteiger partial charge on any atom is -0.478 e. The highest BCUT2D eigenvalue weighted by molar-refractivity contribution is 6.17. The van der Waals surface area contributed by atoms with Gasteiger partial charge < -0.3 is 19.7 Å². The third-order valence-corrected chi connectivity index (χ3v) is 5.58. The second-order valence-electron chi connectivity index (χ2n) is 7.46. The van der Waals surface area contributed by atoms with Gasteiger partial charge in [0, 0.05) is 18.0 Å². The molecule has 6 nitrogen and oxygen atoms in total. The Kier molecular flexibility index (Phi) is 6.07. The van der Waals surface area contributed by atoms with Crippen LogP contribution in [0.25, 0.3) is 22.4 Å². The smallest absolute Gasteiger partial charge is 0.478 e. The number of hydrogen-bond donors (Lipinski definition) is 2. The molecule has 0 saturated carbocycles. The summed E-state index contributed by atoms with van der Waals surface area (Å²) in [6.07, 6.45) is -4.31. The molecule has 1 aliphatic heterocycles. The molecule has 1 aliphatic rings. The molecule has 0 aliphatic carbocycles. The summed E-state index contributed by atoms with van der Waals surface area (Å²) >= 11 is 5.98. The summed E-state index contributed by atoms with van der Waals surface area (Å²) in [6, 6.07) is 13.0. The number of hydrogen-bond acceptors (Lipinski definition) is 3. The van der Waals surface area contributed by atoms with E-state index in [1.807, 2.05) is 4.57 Å². The fraction of sp³-hybridized carbons (Fsp3) is 0.217. The molecule has 172 valence electrons. The van der Waals surface area contributed by atoms with Crippen molar-refractivity contribution in [1.82, 2.24) is 9.88 Å². The van der Waals surface area contributed by atoms with Crippen LogP contribution < -0.4 is 10.1 Å². The number of halogens is 4. The van der Waals surface area contributed by atoms with Gasteiger partial charge in [0.2, 0.25) is 0 Å². The van der Waals surface area contributed by atoms with E-state index in [4.69, 9.17) is 11.6 Å². The number of nitrogens with zero attached hydrogens (tertiary/aromatic N) is 1. The number of aromatic carboxylic acids is 1. The topological polar surface area (TPSA) is 80.6 Å². The van der Waals surface area contributed by atoms with E-state index in [1.165, 1.54) is 30.3 Å². The van der Waals surface area contributed by atoms with Gasteiger partial charge in [-0.15, -0.1) is 24.8 Å². The zero-order valence-corrected chi connectivity index (χ0v) is 17.8. The Morgan fingerprint density at radius 1 is 1.15 bits per heavy atom. The third-order valence-electron chi connectivity index (χ3n) is 5.36. The second-order valence-corrected chi connectivity index (χ2v) is 7.84. The SMILES string of the molecule is O=C(O)c1ccc(-c2c(-c3cccc(OC(F)(F)F)c3)cc3n2C(CCCl)CNC3=O)cc1. The molecule has 2 aromatic carbocycles. The number of alkyl halides is 4. The maximum Gasteiger partial charge on any atom is 0.573 e. The predicted molar refractivity (Wildman–Crippen MR) is 116 cm³/mol. The van der Waals surface area contributed by atoms with Gasteiger partial charge in [-0.1, -0.05) is 24.3 Å². The van der Waals surface area contributed by atoms with Gasteiger partial charge in [-0.25, -0.2) is 4.79 Å². The first kappa shape index (κ1) is 22.7. The standard InChI is InChI=1S/C23H18ClF3N2O4/c24-9-8-16-12-28-21(30)19-11-18(15-2-1-3-17(10-15)33-23(25,26)27)20(29(16)19)13-4-6-14(7-5-13)22(31)32/h1-7,10-11,16H,8-9,12H2,(H,28,30)(H,31,32). The van der Waals surface area contributed by atoms with Gasteiger partial charge in [0.15, 0.2) is 0 Å². The van der Waals surface area contributed by atoms with Gasteiger partial charge in [0.25, 0.3) is 5.91 Å². The van der Waals surface area contributed by atoms with Gasteiger partial charge in [-0.2, -0.15) is 0 Å². The van der Waals surface area contributed by atoms with Crippen LogP contribution in [0.2, 0.25) is 0 Å². The number of ether oxygens (including phenoxy) is 1. The number of carbonyl (C=O) groups excluding carboxylic acids is 1. The monoisotopic (exact) mass is 478 g/mol. The van der Waals surface area contributed by atoms with E-state index in [9.17, 15) is 27.9 Å². The second kappa shape index (κ2) is 8.82. The Labute approximate surface area is 191 Å². The van der Waals surface area contributed by atoms with Crippen LogP contribution in [0.5, 0.6) is 5.75 Å². The number of carbonyl (C=O) groups is 2. The average molecular weight is 479 g/mol. The van der Waals surface area contributed by atoms with Gasteiger partial charge in [0.1, 0.15) is 11.4 Å². The van der Waals surface area contributed by atoms with Gasteiger partial charge in [0.05, 0.1) is 17.3 Å². The number of rotatable bonds is 6. The molecule has 3 aromatic rings. The Hall–Kier alpha value is -3.46. The minimum absolute atomic E-state index is 0.0846. The molecule has 0 fully saturated rings. The lowest BCUT2D eigenvalue weighted by molar-refractivity contribution is -0.274. The maximum absolute atomic E-state index is 12.8. The summed E-state index contributed by atoms with van der Waals surface area (Å²) in [5.74, 6) is -1.47. The van der Waals surface area contributed by atoms with Gasteiger partial charge in [-0.3, -0.25) is 4.79 Å². The number of nitrogens with one attached hydrogen (secondary N) is 1. The highest BCUT2D eigenvalue weighted by Gasteiger charge is 2.33. The van der Waals surface area contributed by atoms with Crippen molar-refractivity contribution < 1.29 is 32.6 Å². The van der Waals surface area contributed by atoms with Gasteiger partial charge in [-0.05, 0) is 47.9 Å². The van der Waals surface area contributed by atoms with Crippen LogP contribution in [-0.2, 0) is 0 Å². The van der Waals surface area contributed by atoms with Crippen LogP contribution in [-0.4, -0.2) is 40.3 Å². The first-order valence-electron chi connectivity index (χ1n) is 9.97. The molecular formula is C23H18ClF3N2O4. The summed E-state index contributed by atoms with van der Waals surface area (Å²) in [4.78, 5) is 23.9. The van der Waals surface area contributed by atoms with Gasteiger partial charge >= 0.3 is 12.3 Å². The molecule has 0 saturated heterocycles. The number of benzene rings is 2. The van der Waals surface area contributed by atoms with E-state index in [2.05, 4.69) is 10.1 Å². The van der Waals surface area contributed by atoms with E-state index in [0.717, 1.165) is 0 Å². The van der Waals surface area contributed by atoms with Crippen LogP contribution in [0.15, 0.2) is 54.6 Å². The minimum atomic E-state index is -4.85. The Balaban J connectivity index is 1.92. The lowest BCUT2D eigenvalue weighted by Gasteiger charge is -2.28. The molecule has 1 atom stereocenters. The van der Waals surface area contributed by atoms with Crippen LogP contribution >= 0.6 is 11.6 Å². The van der Waals surface area contributed by atoms with Crippen LogP contribution in [0.1, 0.15) is 33.3 Å². The normalized spacial score (nSPS) is 15.6. The zero-order chi connectivity index (χ0) is 23.8. The fourth-order valence-corrected chi connectivity index (χ4v) is 4.23. The first-order valence-corrected chi connectivity index (χ1v) is 10.5. The van der Waals surface area contributed by atoms with Crippen molar-refractivity contribution in [3.63, 3.8) is 0 Å². The summed E-state index contributed by atoms with van der Waals surface area (Å²) in [7, 11) is 0. The molecule has 2 heterocycles. The molecule has 33 heavy (non-hydrogen) atoms. The van der Waals surface area contributed by atoms with Crippen molar-refractivity contribution in [1.29, 1.82) is 0 Å². The van der Waals surface area contributed by atoms with E-state index >= 15 is 0 Å². The van der Waals surface area contributed by atoms with Crippen LogP contribution in [0.3, 0.4) is 0 Å². The highest BCUT2D eigenvalue weighted by atomic mass is 35.5. The van der Waals surface area contributed by atoms with E-state index < -0.39 is 18.1 Å². The van der Waals surface area contributed by atoms with Crippen molar-refractivity contribution in [3.8, 4) is 28.1 Å². The first-order chi connectivity index (χ1) is 15.7. The molecule has 1 amide bonds. The quantitative estimate of drug-likeness (QED) is 0.469. The van der Waals surface area contributed by atoms with E-state index in [-0.39, 0.29) is 17.5 Å². The van der Waals surface area contributed by atoms with Crippen molar-refractivity contribution in [2.75, 3.05) is 12.4 Å². The molecule has 1 aromatic heterocycles. The van der Waals surface area contributed by atoms with Crippen LogP contribution in [0.4, 0.5) is 13.2 Å². The maximum atomic E-state index is 12.8. The number of aromatic nitrogens is 1. The van der Waals surface area contributed by atoms with Crippen molar-refractivity contribution >= 4 is 23.5 Å². The van der Waals surface area contributed by atoms with Crippen LogP contribution in [0, 0.1) is 0 Å². The molecule has 0 radical (unpaired) electrons. The third kappa shape index (κ3) is 4.68. The molecule has 0 spiro atoms. The summed E-state index contributed by atoms with van der Waals surface area (Å²) < 4.78 is 44.2. The van der Waals surface area contributed by atoms with Crippen molar-refractivity contribution in [3.05, 3.63) is 65.9 Å².